The Hall–Kier alpha value is -2.44. The van der Waals surface area contributed by atoms with E-state index in [2.05, 4.69) is 10.1 Å². The lowest BCUT2D eigenvalue weighted by Crippen LogP contribution is -2.11. The summed E-state index contributed by atoms with van der Waals surface area (Å²) in [5, 5.41) is 14.5. The van der Waals surface area contributed by atoms with Crippen molar-refractivity contribution in [3.8, 4) is 5.75 Å². The summed E-state index contributed by atoms with van der Waals surface area (Å²) in [5.74, 6) is 1.32. The number of nitro groups is 1. The van der Waals surface area contributed by atoms with E-state index < -0.39 is 4.92 Å². The topological polar surface area (TPSA) is 91.3 Å². The SMILES string of the molecule is CC(C)(C)c1nc(COc2cccc([N+](=O)[O-])c2)no1. The molecular formula is C13H15N3O4. The largest absolute Gasteiger partial charge is 0.485 e. The quantitative estimate of drug-likeness (QED) is 0.630. The fourth-order valence-electron chi connectivity index (χ4n) is 1.45. The standard InChI is InChI=1S/C13H15N3O4/c1-13(2,3)12-14-11(15-20-12)8-19-10-6-4-5-9(7-10)16(17)18/h4-7H,8H2,1-3H3. The van der Waals surface area contributed by atoms with Gasteiger partial charge in [-0.2, -0.15) is 4.98 Å². The van der Waals surface area contributed by atoms with Crippen LogP contribution in [-0.4, -0.2) is 15.1 Å². The molecule has 7 heteroatoms. The molecule has 0 saturated heterocycles. The molecule has 106 valence electrons. The summed E-state index contributed by atoms with van der Waals surface area (Å²) in [6, 6.07) is 5.95. The van der Waals surface area contributed by atoms with Crippen molar-refractivity contribution >= 4 is 5.69 Å². The molecule has 0 saturated carbocycles. The number of non-ortho nitro benzene ring substituents is 1. The Balaban J connectivity index is 2.04. The van der Waals surface area contributed by atoms with Gasteiger partial charge in [0, 0.05) is 11.5 Å². The number of benzene rings is 1. The highest BCUT2D eigenvalue weighted by Gasteiger charge is 2.21. The Bertz CT molecular complexity index is 616. The van der Waals surface area contributed by atoms with Crippen molar-refractivity contribution in [1.29, 1.82) is 0 Å². The number of ether oxygens (including phenoxy) is 1. The minimum absolute atomic E-state index is 0.0222. The summed E-state index contributed by atoms with van der Waals surface area (Å²) in [6.45, 7) is 5.99. The van der Waals surface area contributed by atoms with Crippen molar-refractivity contribution in [3.05, 3.63) is 46.1 Å². The molecule has 0 fully saturated rings. The molecule has 0 bridgehead atoms. The second-order valence-electron chi connectivity index (χ2n) is 5.31. The number of hydrogen-bond acceptors (Lipinski definition) is 6. The first-order chi connectivity index (χ1) is 9.36. The fraction of sp³-hybridized carbons (Fsp3) is 0.385. The smallest absolute Gasteiger partial charge is 0.273 e. The lowest BCUT2D eigenvalue weighted by molar-refractivity contribution is -0.384. The van der Waals surface area contributed by atoms with Crippen LogP contribution >= 0.6 is 0 Å². The molecular weight excluding hydrogens is 262 g/mol. The molecule has 0 unspecified atom stereocenters. The molecule has 0 aliphatic carbocycles. The van der Waals surface area contributed by atoms with Gasteiger partial charge in [-0.05, 0) is 6.07 Å². The first kappa shape index (κ1) is 14.0. The number of rotatable bonds is 4. The zero-order valence-electron chi connectivity index (χ0n) is 11.5. The number of nitrogens with zero attached hydrogens (tertiary/aromatic N) is 3. The summed E-state index contributed by atoms with van der Waals surface area (Å²) in [7, 11) is 0. The van der Waals surface area contributed by atoms with E-state index in [9.17, 15) is 10.1 Å². The maximum atomic E-state index is 10.7. The Labute approximate surface area is 115 Å². The highest BCUT2D eigenvalue weighted by molar-refractivity contribution is 5.37. The van der Waals surface area contributed by atoms with Crippen LogP contribution in [0.3, 0.4) is 0 Å². The third-order valence-corrected chi connectivity index (χ3v) is 2.51. The number of aromatic nitrogens is 2. The van der Waals surface area contributed by atoms with E-state index in [0.717, 1.165) is 0 Å². The van der Waals surface area contributed by atoms with Gasteiger partial charge in [-0.1, -0.05) is 32.0 Å². The molecule has 7 nitrogen and oxygen atoms in total. The molecule has 2 rings (SSSR count). The van der Waals surface area contributed by atoms with Crippen LogP contribution in [0.5, 0.6) is 5.75 Å². The van der Waals surface area contributed by atoms with Crippen LogP contribution in [0.2, 0.25) is 0 Å². The number of nitro benzene ring substituents is 1. The highest BCUT2D eigenvalue weighted by Crippen LogP contribution is 2.22. The van der Waals surface area contributed by atoms with E-state index in [4.69, 9.17) is 9.26 Å². The summed E-state index contributed by atoms with van der Waals surface area (Å²) in [6.07, 6.45) is 0. The van der Waals surface area contributed by atoms with Gasteiger partial charge in [-0.3, -0.25) is 10.1 Å². The van der Waals surface area contributed by atoms with Crippen molar-refractivity contribution in [1.82, 2.24) is 10.1 Å². The van der Waals surface area contributed by atoms with Crippen LogP contribution in [0.25, 0.3) is 0 Å². The highest BCUT2D eigenvalue weighted by atomic mass is 16.6. The predicted octanol–water partition coefficient (Wildman–Crippen LogP) is 2.85. The Morgan fingerprint density at radius 2 is 2.15 bits per heavy atom. The Morgan fingerprint density at radius 1 is 1.40 bits per heavy atom. The molecule has 1 heterocycles. The van der Waals surface area contributed by atoms with Gasteiger partial charge in [0.05, 0.1) is 11.0 Å². The van der Waals surface area contributed by atoms with Crippen LogP contribution in [0, 0.1) is 10.1 Å². The van der Waals surface area contributed by atoms with Crippen molar-refractivity contribution < 1.29 is 14.2 Å². The molecule has 0 N–H and O–H groups in total. The summed E-state index contributed by atoms with van der Waals surface area (Å²) >= 11 is 0. The molecule has 2 aromatic rings. The molecule has 0 aliphatic rings. The third kappa shape index (κ3) is 3.31. The van der Waals surface area contributed by atoms with E-state index in [0.29, 0.717) is 17.5 Å². The Morgan fingerprint density at radius 3 is 2.75 bits per heavy atom. The number of hydrogen-bond donors (Lipinski definition) is 0. The van der Waals surface area contributed by atoms with Gasteiger partial charge in [-0.15, -0.1) is 0 Å². The van der Waals surface area contributed by atoms with Crippen LogP contribution in [0.15, 0.2) is 28.8 Å². The molecule has 0 atom stereocenters. The van der Waals surface area contributed by atoms with Crippen LogP contribution in [-0.2, 0) is 12.0 Å². The molecule has 0 radical (unpaired) electrons. The van der Waals surface area contributed by atoms with Crippen molar-refractivity contribution in [2.45, 2.75) is 32.8 Å². The first-order valence-corrected chi connectivity index (χ1v) is 6.06. The zero-order chi connectivity index (χ0) is 14.8. The van der Waals surface area contributed by atoms with Gasteiger partial charge in [0.2, 0.25) is 11.7 Å². The Kier molecular flexibility index (Phi) is 3.69. The summed E-state index contributed by atoms with van der Waals surface area (Å²) < 4.78 is 10.5. The predicted molar refractivity (Wildman–Crippen MR) is 70.4 cm³/mol. The monoisotopic (exact) mass is 277 g/mol. The normalized spacial score (nSPS) is 11.3. The molecule has 0 amide bonds. The fourth-order valence-corrected chi connectivity index (χ4v) is 1.45. The minimum Gasteiger partial charge on any atom is -0.485 e. The van der Waals surface area contributed by atoms with Gasteiger partial charge in [-0.25, -0.2) is 0 Å². The van der Waals surface area contributed by atoms with Gasteiger partial charge in [0.1, 0.15) is 5.75 Å². The van der Waals surface area contributed by atoms with E-state index in [-0.39, 0.29) is 17.7 Å². The first-order valence-electron chi connectivity index (χ1n) is 6.06. The third-order valence-electron chi connectivity index (χ3n) is 2.51. The van der Waals surface area contributed by atoms with E-state index in [1.165, 1.54) is 12.1 Å². The second-order valence-corrected chi connectivity index (χ2v) is 5.31. The minimum atomic E-state index is -0.473. The van der Waals surface area contributed by atoms with Crippen molar-refractivity contribution in [2.75, 3.05) is 0 Å². The van der Waals surface area contributed by atoms with Gasteiger partial charge in [0.25, 0.3) is 5.69 Å². The maximum Gasteiger partial charge on any atom is 0.273 e. The summed E-state index contributed by atoms with van der Waals surface area (Å²) in [4.78, 5) is 14.4. The van der Waals surface area contributed by atoms with Crippen LogP contribution < -0.4 is 4.74 Å². The van der Waals surface area contributed by atoms with Crippen molar-refractivity contribution in [3.63, 3.8) is 0 Å². The molecule has 0 spiro atoms. The zero-order valence-corrected chi connectivity index (χ0v) is 11.5. The maximum absolute atomic E-state index is 10.7. The molecule has 1 aromatic carbocycles. The average molecular weight is 277 g/mol. The van der Waals surface area contributed by atoms with E-state index in [1.807, 2.05) is 20.8 Å². The van der Waals surface area contributed by atoms with Gasteiger partial charge in [0.15, 0.2) is 6.61 Å². The van der Waals surface area contributed by atoms with E-state index in [1.54, 1.807) is 12.1 Å². The lowest BCUT2D eigenvalue weighted by atomic mass is 9.97. The van der Waals surface area contributed by atoms with Gasteiger partial charge < -0.3 is 9.26 Å². The second kappa shape index (κ2) is 5.28. The van der Waals surface area contributed by atoms with Crippen LogP contribution in [0.1, 0.15) is 32.5 Å². The van der Waals surface area contributed by atoms with E-state index >= 15 is 0 Å². The summed E-state index contributed by atoms with van der Waals surface area (Å²) in [5.41, 5.74) is -0.248. The van der Waals surface area contributed by atoms with Crippen molar-refractivity contribution in [2.24, 2.45) is 0 Å². The lowest BCUT2D eigenvalue weighted by Gasteiger charge is -2.10. The average Bonchev–Trinajstić information content (AvgIpc) is 2.85. The van der Waals surface area contributed by atoms with Gasteiger partial charge >= 0.3 is 0 Å². The van der Waals surface area contributed by atoms with Crippen LogP contribution in [0.4, 0.5) is 5.69 Å². The molecule has 20 heavy (non-hydrogen) atoms. The molecule has 0 aliphatic heterocycles. The molecule has 1 aromatic heterocycles.